The number of benzene rings is 1. The second-order valence-electron chi connectivity index (χ2n) is 5.03. The fourth-order valence-electron chi connectivity index (χ4n) is 2.60. The molecule has 0 spiro atoms. The van der Waals surface area contributed by atoms with Crippen molar-refractivity contribution in [2.45, 2.75) is 19.3 Å². The predicted molar refractivity (Wildman–Crippen MR) is 68.3 cm³/mol. The summed E-state index contributed by atoms with van der Waals surface area (Å²) in [7, 11) is 0. The maximum Gasteiger partial charge on any atom is 0.159 e. The molecule has 0 atom stereocenters. The zero-order valence-electron chi connectivity index (χ0n) is 10.5. The van der Waals surface area contributed by atoms with Crippen LogP contribution in [-0.2, 0) is 6.42 Å². The molecule has 1 aliphatic rings. The Balaban J connectivity index is 1.85. The van der Waals surface area contributed by atoms with Gasteiger partial charge in [0.25, 0.3) is 0 Å². The Hall–Kier alpha value is -1.00. The van der Waals surface area contributed by atoms with Crippen LogP contribution >= 0.6 is 0 Å². The molecule has 0 amide bonds. The van der Waals surface area contributed by atoms with Crippen molar-refractivity contribution in [3.05, 3.63) is 35.4 Å². The summed E-state index contributed by atoms with van der Waals surface area (Å²) in [4.78, 5) is 2.36. The third-order valence-electron chi connectivity index (χ3n) is 3.66. The summed E-state index contributed by atoms with van der Waals surface area (Å²) in [6, 6.07) is 4.22. The SMILES string of the molecule is NCCN1CCC(Cc2ccc(F)c(F)c2)CC1. The van der Waals surface area contributed by atoms with Crippen LogP contribution in [0.15, 0.2) is 18.2 Å². The molecule has 1 aliphatic heterocycles. The van der Waals surface area contributed by atoms with E-state index in [0.717, 1.165) is 44.5 Å². The lowest BCUT2D eigenvalue weighted by molar-refractivity contribution is 0.188. The Labute approximate surface area is 107 Å². The van der Waals surface area contributed by atoms with E-state index in [1.54, 1.807) is 6.07 Å². The Morgan fingerprint density at radius 3 is 2.50 bits per heavy atom. The van der Waals surface area contributed by atoms with Crippen molar-refractivity contribution in [3.63, 3.8) is 0 Å². The van der Waals surface area contributed by atoms with Crippen LogP contribution in [-0.4, -0.2) is 31.1 Å². The molecule has 1 saturated heterocycles. The largest absolute Gasteiger partial charge is 0.329 e. The molecule has 0 radical (unpaired) electrons. The summed E-state index contributed by atoms with van der Waals surface area (Å²) in [5.41, 5.74) is 6.42. The van der Waals surface area contributed by atoms with E-state index in [9.17, 15) is 8.78 Å². The van der Waals surface area contributed by atoms with E-state index in [4.69, 9.17) is 5.73 Å². The van der Waals surface area contributed by atoms with E-state index in [1.165, 1.54) is 12.1 Å². The van der Waals surface area contributed by atoms with Crippen LogP contribution in [0.3, 0.4) is 0 Å². The molecule has 1 heterocycles. The summed E-state index contributed by atoms with van der Waals surface area (Å²) in [6.45, 7) is 3.78. The monoisotopic (exact) mass is 254 g/mol. The van der Waals surface area contributed by atoms with Crippen molar-refractivity contribution in [2.24, 2.45) is 11.7 Å². The molecule has 4 heteroatoms. The Morgan fingerprint density at radius 2 is 1.89 bits per heavy atom. The van der Waals surface area contributed by atoms with Gasteiger partial charge in [-0.3, -0.25) is 0 Å². The van der Waals surface area contributed by atoms with Gasteiger partial charge in [-0.25, -0.2) is 8.78 Å². The van der Waals surface area contributed by atoms with Crippen LogP contribution in [0.5, 0.6) is 0 Å². The van der Waals surface area contributed by atoms with Crippen LogP contribution in [0.25, 0.3) is 0 Å². The van der Waals surface area contributed by atoms with Crippen molar-refractivity contribution in [3.8, 4) is 0 Å². The number of nitrogens with two attached hydrogens (primary N) is 1. The van der Waals surface area contributed by atoms with Gasteiger partial charge < -0.3 is 10.6 Å². The van der Waals surface area contributed by atoms with Crippen LogP contribution in [0, 0.1) is 17.6 Å². The maximum absolute atomic E-state index is 13.1. The Bertz CT molecular complexity index is 387. The van der Waals surface area contributed by atoms with Gasteiger partial charge in [-0.15, -0.1) is 0 Å². The maximum atomic E-state index is 13.1. The minimum atomic E-state index is -0.767. The quantitative estimate of drug-likeness (QED) is 0.892. The van der Waals surface area contributed by atoms with Gasteiger partial charge in [0, 0.05) is 13.1 Å². The number of rotatable bonds is 4. The molecular formula is C14H20F2N2. The first-order valence-corrected chi connectivity index (χ1v) is 6.55. The highest BCUT2D eigenvalue weighted by Gasteiger charge is 2.19. The summed E-state index contributed by atoms with van der Waals surface area (Å²) < 4.78 is 25.9. The van der Waals surface area contributed by atoms with E-state index in [2.05, 4.69) is 4.90 Å². The lowest BCUT2D eigenvalue weighted by Gasteiger charge is -2.31. The number of nitrogens with zero attached hydrogens (tertiary/aromatic N) is 1. The molecule has 100 valence electrons. The fraction of sp³-hybridized carbons (Fsp3) is 0.571. The van der Waals surface area contributed by atoms with Gasteiger partial charge >= 0.3 is 0 Å². The average Bonchev–Trinajstić information content (AvgIpc) is 2.37. The Kier molecular flexibility index (Phi) is 4.66. The van der Waals surface area contributed by atoms with Crippen LogP contribution in [0.4, 0.5) is 8.78 Å². The fourth-order valence-corrected chi connectivity index (χ4v) is 2.60. The highest BCUT2D eigenvalue weighted by Crippen LogP contribution is 2.22. The van der Waals surface area contributed by atoms with Crippen molar-refractivity contribution >= 4 is 0 Å². The van der Waals surface area contributed by atoms with Gasteiger partial charge in [-0.05, 0) is 56.0 Å². The van der Waals surface area contributed by atoms with Crippen molar-refractivity contribution < 1.29 is 8.78 Å². The average molecular weight is 254 g/mol. The standard InChI is InChI=1S/C14H20F2N2/c15-13-2-1-12(10-14(13)16)9-11-3-6-18(7-4-11)8-5-17/h1-2,10-11H,3-9,17H2. The van der Waals surface area contributed by atoms with Gasteiger partial charge in [0.1, 0.15) is 0 Å². The highest BCUT2D eigenvalue weighted by atomic mass is 19.2. The number of hydrogen-bond acceptors (Lipinski definition) is 2. The normalized spacial score (nSPS) is 18.2. The molecular weight excluding hydrogens is 234 g/mol. The first-order chi connectivity index (χ1) is 8.69. The third kappa shape index (κ3) is 3.50. The lowest BCUT2D eigenvalue weighted by Crippen LogP contribution is -2.37. The van der Waals surface area contributed by atoms with Crippen molar-refractivity contribution in [2.75, 3.05) is 26.2 Å². The number of likely N-dealkylation sites (tertiary alicyclic amines) is 1. The number of hydrogen-bond donors (Lipinski definition) is 1. The Morgan fingerprint density at radius 1 is 1.17 bits per heavy atom. The minimum absolute atomic E-state index is 0.573. The van der Waals surface area contributed by atoms with Crippen LogP contribution in [0.1, 0.15) is 18.4 Å². The van der Waals surface area contributed by atoms with Gasteiger partial charge in [0.2, 0.25) is 0 Å². The molecule has 1 fully saturated rings. The summed E-state index contributed by atoms with van der Waals surface area (Å²) in [6.07, 6.45) is 3.06. The lowest BCUT2D eigenvalue weighted by atomic mass is 9.90. The van der Waals surface area contributed by atoms with Gasteiger partial charge in [0.15, 0.2) is 11.6 Å². The van der Waals surface area contributed by atoms with Crippen molar-refractivity contribution in [1.82, 2.24) is 4.90 Å². The minimum Gasteiger partial charge on any atom is -0.329 e. The van der Waals surface area contributed by atoms with Gasteiger partial charge in [0.05, 0.1) is 0 Å². The molecule has 0 unspecified atom stereocenters. The molecule has 2 rings (SSSR count). The zero-order chi connectivity index (χ0) is 13.0. The van der Waals surface area contributed by atoms with E-state index in [1.807, 2.05) is 0 Å². The zero-order valence-corrected chi connectivity index (χ0v) is 10.5. The van der Waals surface area contributed by atoms with E-state index in [-0.39, 0.29) is 0 Å². The molecule has 1 aromatic rings. The van der Waals surface area contributed by atoms with E-state index in [0.29, 0.717) is 12.5 Å². The second-order valence-corrected chi connectivity index (χ2v) is 5.03. The number of halogens is 2. The summed E-state index contributed by atoms with van der Waals surface area (Å²) in [5, 5.41) is 0. The topological polar surface area (TPSA) is 29.3 Å². The molecule has 0 bridgehead atoms. The molecule has 0 aromatic heterocycles. The molecule has 1 aromatic carbocycles. The molecule has 18 heavy (non-hydrogen) atoms. The summed E-state index contributed by atoms with van der Waals surface area (Å²) in [5.74, 6) is -0.937. The summed E-state index contributed by atoms with van der Waals surface area (Å²) >= 11 is 0. The third-order valence-corrected chi connectivity index (χ3v) is 3.66. The van der Waals surface area contributed by atoms with Crippen LogP contribution < -0.4 is 5.73 Å². The predicted octanol–water partition coefficient (Wildman–Crippen LogP) is 2.18. The molecule has 0 saturated carbocycles. The molecule has 2 nitrogen and oxygen atoms in total. The van der Waals surface area contributed by atoms with Gasteiger partial charge in [-0.2, -0.15) is 0 Å². The van der Waals surface area contributed by atoms with Crippen LogP contribution in [0.2, 0.25) is 0 Å². The van der Waals surface area contributed by atoms with Gasteiger partial charge in [-0.1, -0.05) is 6.07 Å². The smallest absolute Gasteiger partial charge is 0.159 e. The first kappa shape index (κ1) is 13.4. The number of piperidine rings is 1. The first-order valence-electron chi connectivity index (χ1n) is 6.55. The molecule has 0 aliphatic carbocycles. The van der Waals surface area contributed by atoms with E-state index >= 15 is 0 Å². The highest BCUT2D eigenvalue weighted by molar-refractivity contribution is 5.18. The molecule has 2 N–H and O–H groups in total. The second kappa shape index (κ2) is 6.25. The van der Waals surface area contributed by atoms with E-state index < -0.39 is 11.6 Å². The van der Waals surface area contributed by atoms with Crippen molar-refractivity contribution in [1.29, 1.82) is 0 Å².